The van der Waals surface area contributed by atoms with Crippen LogP contribution < -0.4 is 11.3 Å². The minimum atomic E-state index is -0.611. The molecule has 4 unspecified atom stereocenters. The molecule has 1 aliphatic rings. The maximum absolute atomic E-state index is 12.1. The number of nitrogens with one attached hydrogen (secondary N) is 1. The summed E-state index contributed by atoms with van der Waals surface area (Å²) >= 11 is 0. The molecule has 0 aliphatic carbocycles. The van der Waals surface area contributed by atoms with Gasteiger partial charge in [-0.25, -0.2) is 4.98 Å². The van der Waals surface area contributed by atoms with Crippen LogP contribution in [0.25, 0.3) is 11.2 Å². The van der Waals surface area contributed by atoms with Crippen LogP contribution in [0.5, 0.6) is 0 Å². The van der Waals surface area contributed by atoms with Crippen molar-refractivity contribution in [3.05, 3.63) is 16.7 Å². The van der Waals surface area contributed by atoms with Crippen molar-refractivity contribution in [3.63, 3.8) is 0 Å². The molecule has 0 bridgehead atoms. The number of nitrogens with two attached hydrogens (primary N) is 1. The number of anilines is 1. The monoisotopic (exact) mass is 409 g/mol. The van der Waals surface area contributed by atoms with Gasteiger partial charge in [-0.3, -0.25) is 14.3 Å². The number of hydrogen-bond donors (Lipinski definition) is 2. The summed E-state index contributed by atoms with van der Waals surface area (Å²) in [5, 5.41) is 0. The van der Waals surface area contributed by atoms with Crippen LogP contribution in [0.3, 0.4) is 0 Å². The summed E-state index contributed by atoms with van der Waals surface area (Å²) < 4.78 is 26.0. The molecule has 0 aromatic carbocycles. The van der Waals surface area contributed by atoms with Crippen LogP contribution in [0.15, 0.2) is 11.1 Å². The molecule has 10 heteroatoms. The lowest BCUT2D eigenvalue weighted by Gasteiger charge is -2.31. The van der Waals surface area contributed by atoms with E-state index in [0.29, 0.717) is 12.3 Å². The summed E-state index contributed by atoms with van der Waals surface area (Å²) in [7, 11) is 1.60. The van der Waals surface area contributed by atoms with Crippen LogP contribution in [0.2, 0.25) is 0 Å². The van der Waals surface area contributed by atoms with Crippen LogP contribution in [0.1, 0.15) is 47.8 Å². The van der Waals surface area contributed by atoms with Crippen molar-refractivity contribution >= 4 is 17.1 Å². The largest absolute Gasteiger partial charge is 0.374 e. The Hall–Kier alpha value is -2.01. The third kappa shape index (κ3) is 4.77. The molecule has 1 aliphatic heterocycles. The number of rotatable bonds is 5. The third-order valence-electron chi connectivity index (χ3n) is 4.45. The van der Waals surface area contributed by atoms with E-state index in [4.69, 9.17) is 24.7 Å². The van der Waals surface area contributed by atoms with Gasteiger partial charge < -0.3 is 24.7 Å². The fraction of sp³-hybridized carbons (Fsp3) is 0.737. The van der Waals surface area contributed by atoms with Crippen LogP contribution in [-0.2, 0) is 18.9 Å². The Balaban J connectivity index is 1.99. The third-order valence-corrected chi connectivity index (χ3v) is 4.45. The highest BCUT2D eigenvalue weighted by atomic mass is 16.6. The lowest BCUT2D eigenvalue weighted by atomic mass is 10.1. The van der Waals surface area contributed by atoms with E-state index in [9.17, 15) is 4.79 Å². The molecule has 0 spiro atoms. The van der Waals surface area contributed by atoms with E-state index in [2.05, 4.69) is 15.0 Å². The summed E-state index contributed by atoms with van der Waals surface area (Å²) in [5.74, 6) is 0.00585. The van der Waals surface area contributed by atoms with Gasteiger partial charge in [0.05, 0.1) is 24.1 Å². The van der Waals surface area contributed by atoms with Crippen molar-refractivity contribution in [2.75, 3.05) is 19.5 Å². The van der Waals surface area contributed by atoms with Gasteiger partial charge in [-0.2, -0.15) is 4.98 Å². The molecule has 0 radical (unpaired) electrons. The number of methoxy groups -OCH3 is 1. The Labute approximate surface area is 169 Å². The van der Waals surface area contributed by atoms with Crippen LogP contribution in [0, 0.1) is 0 Å². The number of fused-ring (bicyclic) bond motifs is 1. The van der Waals surface area contributed by atoms with Crippen LogP contribution in [0.4, 0.5) is 5.95 Å². The van der Waals surface area contributed by atoms with E-state index in [-0.39, 0.29) is 23.2 Å². The quantitative estimate of drug-likeness (QED) is 0.763. The van der Waals surface area contributed by atoms with Crippen molar-refractivity contribution in [3.8, 4) is 0 Å². The number of imidazole rings is 1. The Morgan fingerprint density at radius 1 is 1.21 bits per heavy atom. The van der Waals surface area contributed by atoms with Crippen LogP contribution in [-0.4, -0.2) is 62.7 Å². The molecule has 2 aromatic rings. The smallest absolute Gasteiger partial charge is 0.280 e. The van der Waals surface area contributed by atoms with Crippen molar-refractivity contribution in [1.82, 2.24) is 19.5 Å². The van der Waals surface area contributed by atoms with Gasteiger partial charge in [0, 0.05) is 7.11 Å². The number of ether oxygens (including phenoxy) is 4. The predicted molar refractivity (Wildman–Crippen MR) is 108 cm³/mol. The van der Waals surface area contributed by atoms with E-state index in [1.54, 1.807) is 11.7 Å². The molecule has 10 nitrogen and oxygen atoms in total. The molecule has 3 rings (SSSR count). The molecule has 3 heterocycles. The van der Waals surface area contributed by atoms with E-state index < -0.39 is 29.6 Å². The fourth-order valence-electron chi connectivity index (χ4n) is 3.33. The van der Waals surface area contributed by atoms with Crippen LogP contribution >= 0.6 is 0 Å². The Kier molecular flexibility index (Phi) is 5.74. The number of hydrogen-bond acceptors (Lipinski definition) is 8. The zero-order valence-corrected chi connectivity index (χ0v) is 18.1. The second kappa shape index (κ2) is 7.67. The molecule has 2 aromatic heterocycles. The number of H-pyrrole nitrogens is 1. The molecule has 4 atom stereocenters. The first-order chi connectivity index (χ1) is 13.4. The lowest BCUT2D eigenvalue weighted by Crippen LogP contribution is -2.43. The first-order valence-corrected chi connectivity index (χ1v) is 9.62. The Morgan fingerprint density at radius 2 is 1.90 bits per heavy atom. The first-order valence-electron chi connectivity index (χ1n) is 9.62. The molecule has 1 fully saturated rings. The normalized spacial score (nSPS) is 25.8. The van der Waals surface area contributed by atoms with Crippen molar-refractivity contribution in [2.45, 2.75) is 77.3 Å². The van der Waals surface area contributed by atoms with Gasteiger partial charge >= 0.3 is 0 Å². The van der Waals surface area contributed by atoms with E-state index in [0.717, 1.165) is 0 Å². The summed E-state index contributed by atoms with van der Waals surface area (Å²) in [6.07, 6.45) is -0.365. The SMILES string of the molecule is COC1C(OC(C)(C)C)C(COC(C)(C)C)OC1n1cnc2c(=O)[nH]c(N)nc21. The number of aromatic amines is 1. The maximum Gasteiger partial charge on any atom is 0.280 e. The molecule has 1 saturated heterocycles. The summed E-state index contributed by atoms with van der Waals surface area (Å²) in [6, 6.07) is 0. The van der Waals surface area contributed by atoms with Crippen molar-refractivity contribution < 1.29 is 18.9 Å². The highest BCUT2D eigenvalue weighted by Gasteiger charge is 2.49. The molecule has 3 N–H and O–H groups in total. The first kappa shape index (κ1) is 21.7. The topological polar surface area (TPSA) is 127 Å². The highest BCUT2D eigenvalue weighted by Crippen LogP contribution is 2.37. The van der Waals surface area contributed by atoms with Gasteiger partial charge in [-0.1, -0.05) is 0 Å². The average molecular weight is 409 g/mol. The molecule has 0 amide bonds. The second-order valence-corrected chi connectivity index (χ2v) is 9.16. The van der Waals surface area contributed by atoms with Gasteiger partial charge in [0.25, 0.3) is 5.56 Å². The van der Waals surface area contributed by atoms with E-state index in [1.807, 2.05) is 41.5 Å². The average Bonchev–Trinajstić information content (AvgIpc) is 3.12. The number of nitrogens with zero attached hydrogens (tertiary/aromatic N) is 3. The van der Waals surface area contributed by atoms with Crippen molar-refractivity contribution in [1.29, 1.82) is 0 Å². The van der Waals surface area contributed by atoms with Gasteiger partial charge in [-0.15, -0.1) is 0 Å². The van der Waals surface area contributed by atoms with Crippen molar-refractivity contribution in [2.24, 2.45) is 0 Å². The summed E-state index contributed by atoms with van der Waals surface area (Å²) in [6.45, 7) is 12.2. The Morgan fingerprint density at radius 3 is 2.48 bits per heavy atom. The zero-order chi connectivity index (χ0) is 21.6. The minimum absolute atomic E-state index is 0.00585. The fourth-order valence-corrected chi connectivity index (χ4v) is 3.33. The minimum Gasteiger partial charge on any atom is -0.374 e. The van der Waals surface area contributed by atoms with Gasteiger partial charge in [0.15, 0.2) is 17.4 Å². The van der Waals surface area contributed by atoms with E-state index >= 15 is 0 Å². The summed E-state index contributed by atoms with van der Waals surface area (Å²) in [4.78, 5) is 23.0. The second-order valence-electron chi connectivity index (χ2n) is 9.16. The summed E-state index contributed by atoms with van der Waals surface area (Å²) in [5.41, 5.74) is 5.07. The zero-order valence-electron chi connectivity index (χ0n) is 18.1. The molecular formula is C19H31N5O5. The predicted octanol–water partition coefficient (Wildman–Crippen LogP) is 1.61. The van der Waals surface area contributed by atoms with Gasteiger partial charge in [-0.05, 0) is 41.5 Å². The molecule has 162 valence electrons. The standard InChI is InChI=1S/C19H31N5O5/c1-18(2,3)27-8-10-12(29-19(4,5)6)13(26-7)16(28-10)24-9-21-11-14(24)22-17(20)23-15(11)25/h9-10,12-13,16H,8H2,1-7H3,(H3,20,22,23,25). The number of nitrogen functional groups attached to an aromatic ring is 1. The maximum atomic E-state index is 12.1. The number of aromatic nitrogens is 4. The highest BCUT2D eigenvalue weighted by molar-refractivity contribution is 5.70. The van der Waals surface area contributed by atoms with Gasteiger partial charge in [0.1, 0.15) is 18.3 Å². The van der Waals surface area contributed by atoms with E-state index in [1.165, 1.54) is 6.33 Å². The molecule has 0 saturated carbocycles. The lowest BCUT2D eigenvalue weighted by molar-refractivity contribution is -0.140. The molecular weight excluding hydrogens is 378 g/mol. The molecule has 29 heavy (non-hydrogen) atoms. The Bertz CT molecular complexity index is 910. The van der Waals surface area contributed by atoms with Gasteiger partial charge in [0.2, 0.25) is 5.95 Å².